The van der Waals surface area contributed by atoms with E-state index in [0.717, 1.165) is 0 Å². The molecular weight excluding hydrogens is 1360 g/mol. The maximum Gasteiger partial charge on any atom is 0.239 e. The van der Waals surface area contributed by atoms with E-state index in [-0.39, 0.29) is 155 Å². The summed E-state index contributed by atoms with van der Waals surface area (Å²) < 4.78 is 56.3. The van der Waals surface area contributed by atoms with Gasteiger partial charge in [0.2, 0.25) is 47.3 Å². The molecule has 4 fully saturated rings. The number of amides is 8. The highest BCUT2D eigenvalue weighted by molar-refractivity contribution is 8.08. The van der Waals surface area contributed by atoms with Crippen molar-refractivity contribution in [2.24, 2.45) is 5.41 Å². The van der Waals surface area contributed by atoms with E-state index in [4.69, 9.17) is 59.0 Å². The average molecular weight is 1470 g/mol. The fourth-order valence-electron chi connectivity index (χ4n) is 11.1. The molecule has 4 heterocycles. The van der Waals surface area contributed by atoms with Gasteiger partial charge in [0.1, 0.15) is 73.1 Å². The van der Waals surface area contributed by atoms with Crippen molar-refractivity contribution in [3.63, 3.8) is 0 Å². The Morgan fingerprint density at radius 1 is 0.535 bits per heavy atom. The number of carbonyl (C=O) groups is 8. The van der Waals surface area contributed by atoms with Crippen LogP contribution in [0.2, 0.25) is 0 Å². The largest absolute Gasteiger partial charge is 0.801 e. The maximum absolute atomic E-state index is 14.0. The Hall–Kier alpha value is -4.43. The number of rotatable bonds is 44. The van der Waals surface area contributed by atoms with Gasteiger partial charge in [-0.3, -0.25) is 43.3 Å². The van der Waals surface area contributed by atoms with Crippen LogP contribution in [0, 0.1) is 5.41 Å². The van der Waals surface area contributed by atoms with Crippen LogP contribution in [-0.4, -0.2) is 357 Å². The predicted octanol–water partition coefficient (Wildman–Crippen LogP) is -8.32. The van der Waals surface area contributed by atoms with Crippen molar-refractivity contribution >= 4 is 65.6 Å². The molecule has 0 aromatic heterocycles. The van der Waals surface area contributed by atoms with Crippen molar-refractivity contribution in [1.29, 1.82) is 0 Å². The number of carbonyl (C=O) groups excluding carboxylic acids is 8. The van der Waals surface area contributed by atoms with Crippen LogP contribution in [0.5, 0.6) is 0 Å². The quantitative estimate of drug-likeness (QED) is 0.0199. The summed E-state index contributed by atoms with van der Waals surface area (Å²) in [5, 5.41) is 107. The molecule has 8 amide bonds. The van der Waals surface area contributed by atoms with Crippen LogP contribution in [0.15, 0.2) is 0 Å². The minimum absolute atomic E-state index is 0.000399. The number of ether oxygens (including phenoxy) is 9. The zero-order chi connectivity index (χ0) is 73.4. The highest BCUT2D eigenvalue weighted by Crippen LogP contribution is 2.46. The topological polar surface area (TPSA) is 516 Å². The Kier molecular flexibility index (Phi) is 39.5. The second-order valence-corrected chi connectivity index (χ2v) is 29.0. The van der Waals surface area contributed by atoms with E-state index in [9.17, 15) is 89.2 Å². The average Bonchev–Trinajstić information content (AvgIpc) is 0.830. The Morgan fingerprint density at radius 3 is 1.26 bits per heavy atom. The fourth-order valence-corrected chi connectivity index (χ4v) is 14.5. The number of likely N-dealkylation sites (tertiary alicyclic amines) is 1. The molecule has 0 aliphatic carbocycles. The van der Waals surface area contributed by atoms with Gasteiger partial charge < -0.3 is 140 Å². The predicted molar refractivity (Wildman–Crippen MR) is 346 cm³/mol. The highest BCUT2D eigenvalue weighted by atomic mass is 32.5. The van der Waals surface area contributed by atoms with Crippen LogP contribution in [0.25, 0.3) is 0 Å². The van der Waals surface area contributed by atoms with Gasteiger partial charge in [0.25, 0.3) is 0 Å². The summed E-state index contributed by atoms with van der Waals surface area (Å²) in [6.45, 7) is 2.89. The van der Waals surface area contributed by atoms with Gasteiger partial charge in [-0.15, -0.1) is 0 Å². The summed E-state index contributed by atoms with van der Waals surface area (Å²) in [4.78, 5) is 121. The van der Waals surface area contributed by atoms with Crippen LogP contribution in [0.3, 0.4) is 0 Å². The van der Waals surface area contributed by atoms with Gasteiger partial charge in [-0.25, -0.2) is 0 Å². The molecule has 0 aromatic rings. The van der Waals surface area contributed by atoms with Gasteiger partial charge in [-0.05, 0) is 43.8 Å². The molecule has 4 aliphatic heterocycles. The van der Waals surface area contributed by atoms with Gasteiger partial charge in [0, 0.05) is 79.4 Å². The number of hydrogen-bond acceptors (Lipinski definition) is 30. The zero-order valence-electron chi connectivity index (χ0n) is 57.2. The van der Waals surface area contributed by atoms with Gasteiger partial charge in [0.15, 0.2) is 18.9 Å². The molecule has 39 heteroatoms. The van der Waals surface area contributed by atoms with Crippen molar-refractivity contribution in [1.82, 2.24) is 46.6 Å². The third kappa shape index (κ3) is 32.0. The molecule has 0 radical (unpaired) electrons. The Morgan fingerprint density at radius 2 is 0.909 bits per heavy atom. The van der Waals surface area contributed by atoms with E-state index >= 15 is 0 Å². The molecule has 572 valence electrons. The third-order valence-electron chi connectivity index (χ3n) is 15.9. The molecule has 0 aromatic carbocycles. The van der Waals surface area contributed by atoms with Crippen LogP contribution in [0.1, 0.15) is 80.1 Å². The molecule has 37 nitrogen and oxygen atoms in total. The molecule has 0 bridgehead atoms. The van der Waals surface area contributed by atoms with Crippen molar-refractivity contribution in [3.05, 3.63) is 0 Å². The van der Waals surface area contributed by atoms with E-state index in [2.05, 4.69) is 31.9 Å². The lowest BCUT2D eigenvalue weighted by Gasteiger charge is -2.42. The van der Waals surface area contributed by atoms with E-state index in [1.165, 1.54) is 30.6 Å². The molecule has 0 spiro atoms. The summed E-state index contributed by atoms with van der Waals surface area (Å²) in [7, 11) is 0. The van der Waals surface area contributed by atoms with E-state index in [1.54, 1.807) is 4.90 Å². The van der Waals surface area contributed by atoms with Crippen LogP contribution in [0.4, 0.5) is 0 Å². The van der Waals surface area contributed by atoms with E-state index in [1.807, 2.05) is 20.8 Å². The first kappa shape index (κ1) is 87.0. The Labute approximate surface area is 580 Å². The van der Waals surface area contributed by atoms with E-state index < -0.39 is 166 Å². The van der Waals surface area contributed by atoms with Crippen molar-refractivity contribution in [3.8, 4) is 0 Å². The van der Waals surface area contributed by atoms with Crippen molar-refractivity contribution in [2.45, 2.75) is 178 Å². The fraction of sp³-hybridized carbons (Fsp3) is 0.867. The standard InChI is InChI=1S/C60H108N9O28PS/c1-36(73)64-48-54(84)51(81)40(32-70)94-57(48)91-26-23-88-20-13-61-43(76)29-67(30-44(77)62-14-21-89-24-27-92-58-49(65-37(2)74)55(85)52(82)41(33-71)95-58)16-8-17-69(47(80)10-7-9-46(79)68-18-11-39(12-19-68)97-98(87,99)35-60(4,5)6)31-45(78)63-15-22-90-25-28-93-59-50(66-38(3)75)56(86)53(83)42(34-72)96-59/h39-42,48-59,70-72,81-86H,7-35H2,1-6H3,(H,61,76)(H,62,77)(H,63,78)(H,64,73)(H,65,74)(H,66,75)(H,87,99)/p-1. The molecule has 99 heavy (non-hydrogen) atoms. The molecule has 4 rings (SSSR count). The number of nitrogens with one attached hydrogen (secondary N) is 6. The summed E-state index contributed by atoms with van der Waals surface area (Å²) in [6, 6.07) is -3.51. The lowest BCUT2D eigenvalue weighted by atomic mass is 9.97. The lowest BCUT2D eigenvalue weighted by molar-refractivity contribution is -0.272. The minimum atomic E-state index is -3.30. The summed E-state index contributed by atoms with van der Waals surface area (Å²) in [6.07, 6.45) is -15.7. The smallest absolute Gasteiger partial charge is 0.239 e. The summed E-state index contributed by atoms with van der Waals surface area (Å²) >= 11 is 5.31. The Balaban J connectivity index is 1.37. The molecular formula is C60H107N9O28PS-. The molecule has 4 aliphatic rings. The Bertz CT molecular complexity index is 2450. The first-order valence-electron chi connectivity index (χ1n) is 33.2. The number of nitrogens with zero attached hydrogens (tertiary/aromatic N) is 3. The molecule has 4 saturated heterocycles. The normalized spacial score (nSPS) is 27.4. The number of aliphatic hydroxyl groups is 9. The molecule has 16 atom stereocenters. The molecule has 0 saturated carbocycles. The number of piperidine rings is 1. The molecule has 15 N–H and O–H groups in total. The van der Waals surface area contributed by atoms with Crippen molar-refractivity contribution in [2.75, 3.05) is 151 Å². The monoisotopic (exact) mass is 1460 g/mol. The van der Waals surface area contributed by atoms with Crippen LogP contribution in [-0.2, 0) is 97.3 Å². The van der Waals surface area contributed by atoms with Gasteiger partial charge in [0.05, 0.1) is 105 Å². The van der Waals surface area contributed by atoms with E-state index in [0.29, 0.717) is 25.9 Å². The second-order valence-electron chi connectivity index (χ2n) is 25.5. The lowest BCUT2D eigenvalue weighted by Crippen LogP contribution is -2.64. The summed E-state index contributed by atoms with van der Waals surface area (Å²) in [5.74, 6) is -3.95. The maximum atomic E-state index is 14.0. The van der Waals surface area contributed by atoms with Crippen LogP contribution < -0.4 is 36.8 Å². The number of hydrogen-bond donors (Lipinski definition) is 15. The number of aliphatic hydroxyl groups excluding tert-OH is 9. The minimum Gasteiger partial charge on any atom is -0.801 e. The van der Waals surface area contributed by atoms with Gasteiger partial charge >= 0.3 is 0 Å². The summed E-state index contributed by atoms with van der Waals surface area (Å²) in [5.41, 5.74) is -0.303. The zero-order valence-corrected chi connectivity index (χ0v) is 58.9. The third-order valence-corrected chi connectivity index (χ3v) is 18.5. The second kappa shape index (κ2) is 44.9. The first-order chi connectivity index (χ1) is 46.9. The van der Waals surface area contributed by atoms with Gasteiger partial charge in [-0.2, -0.15) is 0 Å². The highest BCUT2D eigenvalue weighted by Gasteiger charge is 2.48. The SMILES string of the molecule is CC(=O)NC1C(OCCOCCNC(=O)CN(CCCN(CC(=O)NCCOCCOC2OC(CO)C(O)C(O)C2NC(C)=O)C(=O)CCCC(=O)N2CCC(OP([O-])(=S)CC(C)(C)C)CC2)CC(=O)NCCOCCOC2OC(CO)C(O)C(O)C2NC(C)=O)OC(CO)C(O)C1O. The van der Waals surface area contributed by atoms with Crippen LogP contribution >= 0.6 is 6.49 Å². The first-order valence-corrected chi connectivity index (χ1v) is 36.0. The molecule has 16 unspecified atom stereocenters. The van der Waals surface area contributed by atoms with Crippen molar-refractivity contribution < 1.29 is 136 Å². The van der Waals surface area contributed by atoms with Gasteiger partial charge in [-0.1, -0.05) is 32.6 Å².